The molecule has 4 N–H and O–H groups in total. The Morgan fingerprint density at radius 2 is 2.29 bits per heavy atom. The van der Waals surface area contributed by atoms with Gasteiger partial charge in [-0.05, 0) is 0 Å². The summed E-state index contributed by atoms with van der Waals surface area (Å²) >= 11 is 0. The molecule has 0 bridgehead atoms. The molecule has 0 amide bonds. The van der Waals surface area contributed by atoms with Gasteiger partial charge in [0.25, 0.3) is 0 Å². The topological polar surface area (TPSA) is 105 Å². The molecule has 0 aliphatic carbocycles. The summed E-state index contributed by atoms with van der Waals surface area (Å²) in [4.78, 5) is 7.74. The fourth-order valence-corrected chi connectivity index (χ4v) is 0.771. The third-order valence-electron chi connectivity index (χ3n) is 1.46. The van der Waals surface area contributed by atoms with Gasteiger partial charge in [-0.2, -0.15) is 0 Å². The van der Waals surface area contributed by atoms with Crippen molar-refractivity contribution >= 4 is 5.84 Å². The first-order valence-corrected chi connectivity index (χ1v) is 4.14. The minimum atomic E-state index is -0.126. The summed E-state index contributed by atoms with van der Waals surface area (Å²) in [7, 11) is 0. The first-order valence-electron chi connectivity index (χ1n) is 4.14. The van der Waals surface area contributed by atoms with Gasteiger partial charge < -0.3 is 15.6 Å². The molecule has 0 unspecified atom stereocenters. The second-order valence-electron chi connectivity index (χ2n) is 2.58. The lowest BCUT2D eigenvalue weighted by Crippen LogP contribution is -2.13. The Balaban J connectivity index is 2.51. The monoisotopic (exact) mass is 196 g/mol. The van der Waals surface area contributed by atoms with E-state index >= 15 is 0 Å². The van der Waals surface area contributed by atoms with Gasteiger partial charge in [0.05, 0.1) is 19.0 Å². The van der Waals surface area contributed by atoms with Gasteiger partial charge >= 0.3 is 0 Å². The number of nitrogens with two attached hydrogens (primary N) is 1. The Hall–Kier alpha value is -1.69. The van der Waals surface area contributed by atoms with Crippen LogP contribution < -0.4 is 10.5 Å². The highest BCUT2D eigenvalue weighted by molar-refractivity contribution is 5.92. The Morgan fingerprint density at radius 3 is 2.79 bits per heavy atom. The smallest absolute Gasteiger partial charge is 0.232 e. The normalized spacial score (nSPS) is 9.79. The Labute approximate surface area is 81.3 Å². The molecule has 0 saturated carbocycles. The lowest BCUT2D eigenvalue weighted by molar-refractivity contribution is 0.229. The number of nitrogens with zero attached hydrogens (tertiary/aromatic N) is 2. The third-order valence-corrected chi connectivity index (χ3v) is 1.46. The van der Waals surface area contributed by atoms with Gasteiger partial charge in [0, 0.05) is 13.0 Å². The van der Waals surface area contributed by atoms with E-state index in [4.69, 9.17) is 21.0 Å². The molecule has 0 radical (unpaired) electrons. The van der Waals surface area contributed by atoms with E-state index in [9.17, 15) is 0 Å². The van der Waals surface area contributed by atoms with Crippen molar-refractivity contribution in [2.45, 2.75) is 6.42 Å². The molecule has 0 aliphatic heterocycles. The molecule has 76 valence electrons. The van der Waals surface area contributed by atoms with Crippen LogP contribution in [0.1, 0.15) is 12.1 Å². The molecule has 6 nitrogen and oxygen atoms in total. The van der Waals surface area contributed by atoms with E-state index in [2.05, 4.69) is 9.97 Å². The zero-order valence-corrected chi connectivity index (χ0v) is 7.60. The highest BCUT2D eigenvalue weighted by Crippen LogP contribution is 2.03. The van der Waals surface area contributed by atoms with Crippen LogP contribution >= 0.6 is 0 Å². The molecule has 0 aromatic carbocycles. The number of aliphatic hydroxyl groups is 1. The number of aromatic nitrogens is 2. The molecule has 0 aliphatic rings. The standard InChI is InChI=1S/C8H12N4O2/c9-8(10)6-4-12-7(5-11-6)14-3-1-2-13/h4-5,13H,1-3H2,(H3,9,10). The van der Waals surface area contributed by atoms with Crippen LogP contribution in [0.4, 0.5) is 0 Å². The van der Waals surface area contributed by atoms with Crippen LogP contribution in [0.3, 0.4) is 0 Å². The zero-order valence-electron chi connectivity index (χ0n) is 7.60. The zero-order chi connectivity index (χ0) is 10.4. The Bertz CT molecular complexity index is 299. The predicted molar refractivity (Wildman–Crippen MR) is 50.2 cm³/mol. The molecule has 0 saturated heterocycles. The van der Waals surface area contributed by atoms with Gasteiger partial charge in [0.2, 0.25) is 5.88 Å². The summed E-state index contributed by atoms with van der Waals surface area (Å²) in [5, 5.41) is 15.6. The molecule has 1 aromatic heterocycles. The van der Waals surface area contributed by atoms with Gasteiger partial charge in [0.1, 0.15) is 11.5 Å². The minimum absolute atomic E-state index is 0.0823. The van der Waals surface area contributed by atoms with E-state index < -0.39 is 0 Å². The van der Waals surface area contributed by atoms with Crippen molar-refractivity contribution in [1.82, 2.24) is 9.97 Å². The van der Waals surface area contributed by atoms with Crippen molar-refractivity contribution in [1.29, 1.82) is 5.41 Å². The molecule has 1 heterocycles. The third kappa shape index (κ3) is 2.98. The first-order chi connectivity index (χ1) is 6.74. The molecule has 0 spiro atoms. The lowest BCUT2D eigenvalue weighted by atomic mass is 10.4. The summed E-state index contributed by atoms with van der Waals surface area (Å²) in [6, 6.07) is 0. The fourth-order valence-electron chi connectivity index (χ4n) is 0.771. The molecule has 0 fully saturated rings. The Kier molecular flexibility index (Phi) is 3.81. The number of hydrogen-bond donors (Lipinski definition) is 3. The van der Waals surface area contributed by atoms with Gasteiger partial charge in [-0.1, -0.05) is 0 Å². The van der Waals surface area contributed by atoms with Gasteiger partial charge in [-0.3, -0.25) is 5.41 Å². The number of amidine groups is 1. The van der Waals surface area contributed by atoms with Crippen molar-refractivity contribution in [3.05, 3.63) is 18.1 Å². The summed E-state index contributed by atoms with van der Waals surface area (Å²) in [6.45, 7) is 0.476. The Morgan fingerprint density at radius 1 is 1.50 bits per heavy atom. The number of rotatable bonds is 5. The SMILES string of the molecule is N=C(N)c1cnc(OCCCO)cn1. The van der Waals surface area contributed by atoms with Crippen molar-refractivity contribution in [3.8, 4) is 5.88 Å². The summed E-state index contributed by atoms with van der Waals surface area (Å²) in [5.74, 6) is 0.239. The van der Waals surface area contributed by atoms with Crippen LogP contribution in [0.2, 0.25) is 0 Å². The molecule has 0 atom stereocenters. The summed E-state index contributed by atoms with van der Waals surface area (Å²) < 4.78 is 5.14. The van der Waals surface area contributed by atoms with Crippen LogP contribution in [0.15, 0.2) is 12.4 Å². The summed E-state index contributed by atoms with van der Waals surface area (Å²) in [5.41, 5.74) is 5.51. The maximum absolute atomic E-state index is 8.50. The molecule has 14 heavy (non-hydrogen) atoms. The van der Waals surface area contributed by atoms with E-state index in [0.29, 0.717) is 24.6 Å². The van der Waals surface area contributed by atoms with Crippen molar-refractivity contribution in [2.75, 3.05) is 13.2 Å². The fraction of sp³-hybridized carbons (Fsp3) is 0.375. The average Bonchev–Trinajstić information content (AvgIpc) is 2.19. The number of hydrogen-bond acceptors (Lipinski definition) is 5. The largest absolute Gasteiger partial charge is 0.476 e. The minimum Gasteiger partial charge on any atom is -0.476 e. The number of ether oxygens (including phenoxy) is 1. The number of nitrogen functional groups attached to an aromatic ring is 1. The quantitative estimate of drug-likeness (QED) is 0.335. The molecular formula is C8H12N4O2. The van der Waals surface area contributed by atoms with E-state index in [1.165, 1.54) is 12.4 Å². The molecule has 1 rings (SSSR count). The maximum Gasteiger partial charge on any atom is 0.232 e. The van der Waals surface area contributed by atoms with Crippen molar-refractivity contribution in [2.24, 2.45) is 5.73 Å². The van der Waals surface area contributed by atoms with Crippen LogP contribution in [0.25, 0.3) is 0 Å². The van der Waals surface area contributed by atoms with Crippen LogP contribution in [-0.2, 0) is 0 Å². The van der Waals surface area contributed by atoms with Gasteiger partial charge in [-0.15, -0.1) is 0 Å². The second-order valence-corrected chi connectivity index (χ2v) is 2.58. The van der Waals surface area contributed by atoms with Crippen molar-refractivity contribution < 1.29 is 9.84 Å². The second kappa shape index (κ2) is 5.13. The van der Waals surface area contributed by atoms with Crippen LogP contribution in [0, 0.1) is 5.41 Å². The molecular weight excluding hydrogens is 184 g/mol. The maximum atomic E-state index is 8.50. The van der Waals surface area contributed by atoms with E-state index in [1.807, 2.05) is 0 Å². The molecule has 6 heteroatoms. The summed E-state index contributed by atoms with van der Waals surface area (Å²) in [6.07, 6.45) is 3.32. The van der Waals surface area contributed by atoms with E-state index in [1.54, 1.807) is 0 Å². The van der Waals surface area contributed by atoms with Crippen LogP contribution in [-0.4, -0.2) is 34.1 Å². The first kappa shape index (κ1) is 10.4. The lowest BCUT2D eigenvalue weighted by Gasteiger charge is -2.03. The van der Waals surface area contributed by atoms with E-state index in [-0.39, 0.29) is 12.4 Å². The predicted octanol–water partition coefficient (Wildman–Crippen LogP) is -0.478. The van der Waals surface area contributed by atoms with Gasteiger partial charge in [-0.25, -0.2) is 9.97 Å². The number of aliphatic hydroxyl groups excluding tert-OH is 1. The number of nitrogens with one attached hydrogen (secondary N) is 1. The van der Waals surface area contributed by atoms with Crippen molar-refractivity contribution in [3.63, 3.8) is 0 Å². The molecule has 1 aromatic rings. The highest BCUT2D eigenvalue weighted by atomic mass is 16.5. The van der Waals surface area contributed by atoms with Gasteiger partial charge in [0.15, 0.2) is 0 Å². The van der Waals surface area contributed by atoms with Crippen LogP contribution in [0.5, 0.6) is 5.88 Å². The highest BCUT2D eigenvalue weighted by Gasteiger charge is 2.00. The average molecular weight is 196 g/mol. The van der Waals surface area contributed by atoms with E-state index in [0.717, 1.165) is 0 Å².